The first-order valence-corrected chi connectivity index (χ1v) is 19.1. The summed E-state index contributed by atoms with van der Waals surface area (Å²) in [6, 6.07) is -1.59. The van der Waals surface area contributed by atoms with Gasteiger partial charge < -0.3 is 26.2 Å². The molecule has 13 heteroatoms. The highest BCUT2D eigenvalue weighted by molar-refractivity contribution is 6.37. The first-order chi connectivity index (χ1) is 24.4. The Kier molecular flexibility index (Phi) is 25.7. The van der Waals surface area contributed by atoms with E-state index in [4.69, 9.17) is 0 Å². The molecule has 5 amide bonds. The van der Waals surface area contributed by atoms with Crippen molar-refractivity contribution in [1.82, 2.24) is 36.1 Å². The van der Waals surface area contributed by atoms with E-state index in [0.29, 0.717) is 19.4 Å². The predicted octanol–water partition coefficient (Wildman–Crippen LogP) is 4.75. The number of ketones is 1. The number of carbonyl (C=O) groups excluding carboxylic acids is 6. The van der Waals surface area contributed by atoms with Crippen molar-refractivity contribution in [1.29, 1.82) is 0 Å². The molecule has 2 heterocycles. The van der Waals surface area contributed by atoms with Crippen LogP contribution in [-0.2, 0) is 24.0 Å². The molecule has 13 nitrogen and oxygen atoms in total. The minimum absolute atomic E-state index is 0.0355. The Labute approximate surface area is 306 Å². The second kappa shape index (κ2) is 27.8. The Bertz CT molecular complexity index is 1170. The van der Waals surface area contributed by atoms with Gasteiger partial charge in [-0.25, -0.2) is 4.98 Å². The molecule has 2 saturated carbocycles. The quantitative estimate of drug-likeness (QED) is 0.237. The molecule has 0 spiro atoms. The van der Waals surface area contributed by atoms with Crippen LogP contribution in [0.4, 0.5) is 0 Å². The fraction of sp³-hybridized carbons (Fsp3) is 0.737. The zero-order valence-electron chi connectivity index (χ0n) is 32.8. The van der Waals surface area contributed by atoms with E-state index in [1.807, 2.05) is 13.8 Å². The summed E-state index contributed by atoms with van der Waals surface area (Å²) in [5.74, 6) is -2.65. The summed E-state index contributed by atoms with van der Waals surface area (Å²) in [4.78, 5) is 84.6. The van der Waals surface area contributed by atoms with Gasteiger partial charge in [0.05, 0.1) is 19.3 Å². The van der Waals surface area contributed by atoms with E-state index in [1.165, 1.54) is 36.3 Å². The van der Waals surface area contributed by atoms with E-state index in [1.54, 1.807) is 0 Å². The molecule has 0 radical (unpaired) electrons. The molecule has 1 saturated heterocycles. The van der Waals surface area contributed by atoms with Gasteiger partial charge >= 0.3 is 0 Å². The number of nitrogens with one attached hydrogen (secondary N) is 4. The van der Waals surface area contributed by atoms with Gasteiger partial charge in [-0.3, -0.25) is 33.8 Å². The lowest BCUT2D eigenvalue weighted by Gasteiger charge is -2.30. The maximum atomic E-state index is 13.2. The lowest BCUT2D eigenvalue weighted by Crippen LogP contribution is -2.54. The summed E-state index contributed by atoms with van der Waals surface area (Å²) < 4.78 is 0. The van der Waals surface area contributed by atoms with E-state index in [-0.39, 0.29) is 24.2 Å². The molecule has 1 aromatic rings. The number of aromatic nitrogens is 2. The number of amides is 5. The molecule has 2 atom stereocenters. The fourth-order valence-corrected chi connectivity index (χ4v) is 5.07. The van der Waals surface area contributed by atoms with E-state index in [0.717, 1.165) is 50.9 Å². The number of Topliss-reactive ketones (excluding diaryl/α,β-unsaturated/α-hetero) is 1. The summed E-state index contributed by atoms with van der Waals surface area (Å²) in [5, 5.41) is 10.4. The van der Waals surface area contributed by atoms with Gasteiger partial charge in [-0.2, -0.15) is 0 Å². The van der Waals surface area contributed by atoms with Gasteiger partial charge in [0.25, 0.3) is 11.8 Å². The number of hydrogen-bond donors (Lipinski definition) is 4. The van der Waals surface area contributed by atoms with E-state index in [9.17, 15) is 28.8 Å². The predicted molar refractivity (Wildman–Crippen MR) is 201 cm³/mol. The van der Waals surface area contributed by atoms with Crippen molar-refractivity contribution in [3.8, 4) is 0 Å². The maximum Gasteiger partial charge on any atom is 0.289 e. The smallest absolute Gasteiger partial charge is 0.289 e. The van der Waals surface area contributed by atoms with Crippen molar-refractivity contribution in [2.24, 2.45) is 11.8 Å². The molecule has 1 aliphatic heterocycles. The Morgan fingerprint density at radius 1 is 0.804 bits per heavy atom. The molecule has 0 aromatic carbocycles. The van der Waals surface area contributed by atoms with Crippen molar-refractivity contribution in [3.05, 3.63) is 24.3 Å². The molecule has 2 unspecified atom stereocenters. The zero-order chi connectivity index (χ0) is 38.8. The summed E-state index contributed by atoms with van der Waals surface area (Å²) in [6.07, 6.45) is 13.9. The van der Waals surface area contributed by atoms with Crippen LogP contribution in [0.15, 0.2) is 18.6 Å². The van der Waals surface area contributed by atoms with Gasteiger partial charge in [-0.15, -0.1) is 0 Å². The van der Waals surface area contributed by atoms with Crippen molar-refractivity contribution >= 4 is 35.3 Å². The largest absolute Gasteiger partial charge is 0.347 e. The molecule has 290 valence electrons. The van der Waals surface area contributed by atoms with Crippen LogP contribution >= 0.6 is 0 Å². The van der Waals surface area contributed by atoms with Gasteiger partial charge in [0.2, 0.25) is 23.5 Å². The standard InChI is InChI=1S/C26H35N7O6.C4H10.2C3H8.C2H6/c34-20(25(38)31-17-8-9-17)14-29-24(37)19-7-4-12-33(19)21(35)15-30-26(39)22(16-5-2-1-3-6-16)32-23(36)18-13-27-10-11-28-18;1-4(2)3;2*1-3-2;1-2/h10-11,13,16-17,19,22H,1-9,12,14-15H2,(H,29,37)(H,30,39)(H,31,38)(H,32,36);4H,1-3H3;2*3H2,1-2H3;1-2H3. The van der Waals surface area contributed by atoms with Gasteiger partial charge in [-0.05, 0) is 50.4 Å². The van der Waals surface area contributed by atoms with Crippen molar-refractivity contribution in [2.45, 2.75) is 151 Å². The van der Waals surface area contributed by atoms with Crippen LogP contribution in [0, 0.1) is 11.8 Å². The molecule has 0 bridgehead atoms. The van der Waals surface area contributed by atoms with Crippen LogP contribution in [-0.4, -0.2) is 87.9 Å². The molecule has 3 aliphatic rings. The van der Waals surface area contributed by atoms with Gasteiger partial charge in [0.15, 0.2) is 0 Å². The average molecular weight is 718 g/mol. The van der Waals surface area contributed by atoms with E-state index >= 15 is 0 Å². The molecular weight excluding hydrogens is 650 g/mol. The summed E-state index contributed by atoms with van der Waals surface area (Å²) in [6.45, 7) is 18.6. The van der Waals surface area contributed by atoms with Gasteiger partial charge in [-0.1, -0.05) is 94.4 Å². The Hall–Kier alpha value is -3.90. The lowest BCUT2D eigenvalue weighted by molar-refractivity contribution is -0.140. The SMILES string of the molecule is CC.CC(C)C.CCC.CCC.O=C(CNC(=O)C1CCCN1C(=O)CNC(=O)C(NC(=O)c1cnccn1)C1CCCCC1)C(=O)NC1CC1. The average Bonchev–Trinajstić information content (AvgIpc) is 3.80. The van der Waals surface area contributed by atoms with Crippen LogP contribution in [0.3, 0.4) is 0 Å². The van der Waals surface area contributed by atoms with Gasteiger partial charge in [0, 0.05) is 25.0 Å². The first-order valence-electron chi connectivity index (χ1n) is 19.1. The lowest BCUT2D eigenvalue weighted by atomic mass is 9.83. The minimum atomic E-state index is -0.835. The number of nitrogens with zero attached hydrogens (tertiary/aromatic N) is 3. The zero-order valence-corrected chi connectivity index (χ0v) is 32.8. The highest BCUT2D eigenvalue weighted by atomic mass is 16.2. The van der Waals surface area contributed by atoms with Gasteiger partial charge in [0.1, 0.15) is 17.8 Å². The van der Waals surface area contributed by atoms with Crippen LogP contribution in [0.1, 0.15) is 143 Å². The number of carbonyl (C=O) groups is 6. The van der Waals surface area contributed by atoms with E-state index < -0.39 is 53.9 Å². The Balaban J connectivity index is 0.00000183. The minimum Gasteiger partial charge on any atom is -0.347 e. The number of hydrogen-bond acceptors (Lipinski definition) is 8. The van der Waals surface area contributed by atoms with Crippen molar-refractivity contribution in [3.63, 3.8) is 0 Å². The third kappa shape index (κ3) is 19.9. The highest BCUT2D eigenvalue weighted by Gasteiger charge is 2.36. The monoisotopic (exact) mass is 718 g/mol. The molecule has 2 aliphatic carbocycles. The molecular formula is C38H67N7O6. The second-order valence-electron chi connectivity index (χ2n) is 13.4. The number of rotatable bonds is 11. The fourth-order valence-electron chi connectivity index (χ4n) is 5.07. The van der Waals surface area contributed by atoms with Crippen molar-refractivity contribution in [2.75, 3.05) is 19.6 Å². The first kappa shape index (κ1) is 47.1. The molecule has 51 heavy (non-hydrogen) atoms. The molecule has 4 rings (SSSR count). The van der Waals surface area contributed by atoms with Crippen LogP contribution in [0.2, 0.25) is 0 Å². The summed E-state index contributed by atoms with van der Waals surface area (Å²) in [7, 11) is 0. The third-order valence-electron chi connectivity index (χ3n) is 7.36. The second-order valence-corrected chi connectivity index (χ2v) is 13.4. The topological polar surface area (TPSA) is 180 Å². The summed E-state index contributed by atoms with van der Waals surface area (Å²) >= 11 is 0. The Morgan fingerprint density at radius 2 is 1.39 bits per heavy atom. The van der Waals surface area contributed by atoms with Crippen LogP contribution < -0.4 is 21.3 Å². The normalized spacial score (nSPS) is 16.8. The number of likely N-dealkylation sites (tertiary alicyclic amines) is 1. The Morgan fingerprint density at radius 3 is 1.92 bits per heavy atom. The van der Waals surface area contributed by atoms with Crippen molar-refractivity contribution < 1.29 is 28.8 Å². The van der Waals surface area contributed by atoms with E-state index in [2.05, 4.69) is 79.7 Å². The van der Waals surface area contributed by atoms with Crippen LogP contribution in [0.25, 0.3) is 0 Å². The maximum absolute atomic E-state index is 13.2. The molecule has 1 aromatic heterocycles. The summed E-state index contributed by atoms with van der Waals surface area (Å²) in [5.41, 5.74) is 0.0941. The van der Waals surface area contributed by atoms with Crippen LogP contribution in [0.5, 0.6) is 0 Å². The molecule has 3 fully saturated rings. The highest BCUT2D eigenvalue weighted by Crippen LogP contribution is 2.27. The molecule has 4 N–H and O–H groups in total. The third-order valence-corrected chi connectivity index (χ3v) is 7.36.